The Morgan fingerprint density at radius 1 is 0.396 bits per heavy atom. The number of fused-ring (bicyclic) bond motifs is 15. The minimum absolute atomic E-state index is 0.514. The summed E-state index contributed by atoms with van der Waals surface area (Å²) in [5.74, 6) is 0. The van der Waals surface area contributed by atoms with Crippen molar-refractivity contribution in [2.24, 2.45) is 0 Å². The summed E-state index contributed by atoms with van der Waals surface area (Å²) in [6.45, 7) is 0. The zero-order valence-electron chi connectivity index (χ0n) is 28.5. The number of nitrogens with zero attached hydrogens (tertiary/aromatic N) is 2. The standard InChI is InChI=1S/C49H30N2S2/c1-2-14-31(15-3-1)50-40-21-9-7-19-37(40)49(38-20-8-10-22-41(38)50)36-18-6-4-17-34(36)47-39(49)27-29-46-48(47)51(42-23-11-13-25-45(42)53-46)32-26-28-44-35(30-32)33-16-5-12-24-43(33)52-44/h1-30H. The minimum atomic E-state index is -0.514. The number of rotatable bonds is 2. The van der Waals surface area contributed by atoms with E-state index >= 15 is 0 Å². The Bertz CT molecular complexity index is 2910. The number of thiophene rings is 1. The quantitative estimate of drug-likeness (QED) is 0.176. The molecule has 0 fully saturated rings. The molecular weight excluding hydrogens is 681 g/mol. The van der Waals surface area contributed by atoms with Crippen LogP contribution in [0.4, 0.5) is 34.1 Å². The first-order valence-corrected chi connectivity index (χ1v) is 19.7. The molecule has 0 saturated carbocycles. The van der Waals surface area contributed by atoms with Crippen molar-refractivity contribution in [2.75, 3.05) is 9.80 Å². The second kappa shape index (κ2) is 11.0. The maximum atomic E-state index is 2.55. The average Bonchev–Trinajstić information content (AvgIpc) is 3.74. The van der Waals surface area contributed by atoms with E-state index in [-0.39, 0.29) is 0 Å². The van der Waals surface area contributed by atoms with Crippen LogP contribution in [0, 0.1) is 0 Å². The molecule has 1 aromatic heterocycles. The summed E-state index contributed by atoms with van der Waals surface area (Å²) in [5.41, 5.74) is 14.6. The highest BCUT2D eigenvalue weighted by Crippen LogP contribution is 2.67. The smallest absolute Gasteiger partial charge is 0.0755 e. The summed E-state index contributed by atoms with van der Waals surface area (Å²) in [4.78, 5) is 7.54. The van der Waals surface area contributed by atoms with Crippen molar-refractivity contribution in [3.05, 3.63) is 204 Å². The normalized spacial score (nSPS) is 14.4. The van der Waals surface area contributed by atoms with E-state index in [4.69, 9.17) is 0 Å². The van der Waals surface area contributed by atoms with Crippen LogP contribution in [0.5, 0.6) is 0 Å². The van der Waals surface area contributed by atoms with Gasteiger partial charge in [-0.15, -0.1) is 11.3 Å². The van der Waals surface area contributed by atoms with Crippen LogP contribution in [0.15, 0.2) is 192 Å². The summed E-state index contributed by atoms with van der Waals surface area (Å²) < 4.78 is 2.64. The minimum Gasteiger partial charge on any atom is -0.310 e. The SMILES string of the molecule is c1ccc(N2c3ccccc3C3(c4ccccc4-c4c3ccc3c4N(c4ccc5sc6ccccc6c5c4)c4ccccc4S3)c3ccccc32)cc1. The van der Waals surface area contributed by atoms with Crippen LogP contribution in [0.3, 0.4) is 0 Å². The molecule has 1 aliphatic carbocycles. The summed E-state index contributed by atoms with van der Waals surface area (Å²) >= 11 is 3.76. The fourth-order valence-electron chi connectivity index (χ4n) is 9.41. The van der Waals surface area contributed by atoms with Crippen LogP contribution in [0.25, 0.3) is 31.3 Å². The molecule has 53 heavy (non-hydrogen) atoms. The van der Waals surface area contributed by atoms with Crippen molar-refractivity contribution < 1.29 is 0 Å². The Kier molecular flexibility index (Phi) is 6.11. The summed E-state index contributed by atoms with van der Waals surface area (Å²) in [7, 11) is 0. The molecule has 4 heteroatoms. The second-order valence-corrected chi connectivity index (χ2v) is 16.2. The van der Waals surface area contributed by atoms with E-state index in [1.807, 2.05) is 23.1 Å². The predicted octanol–water partition coefficient (Wildman–Crippen LogP) is 14.1. The molecule has 0 unspecified atom stereocenters. The monoisotopic (exact) mass is 710 g/mol. The van der Waals surface area contributed by atoms with Crippen molar-refractivity contribution in [2.45, 2.75) is 15.2 Å². The lowest BCUT2D eigenvalue weighted by Gasteiger charge is -2.45. The summed E-state index contributed by atoms with van der Waals surface area (Å²) in [6.07, 6.45) is 0. The third kappa shape index (κ3) is 3.89. The molecule has 2 nitrogen and oxygen atoms in total. The first kappa shape index (κ1) is 29.5. The first-order chi connectivity index (χ1) is 26.3. The molecule has 0 N–H and O–H groups in total. The maximum Gasteiger partial charge on any atom is 0.0755 e. The van der Waals surface area contributed by atoms with Crippen molar-refractivity contribution in [1.29, 1.82) is 0 Å². The molecule has 12 rings (SSSR count). The molecule has 0 saturated heterocycles. The number of hydrogen-bond acceptors (Lipinski definition) is 4. The third-order valence-electron chi connectivity index (χ3n) is 11.4. The van der Waals surface area contributed by atoms with Crippen LogP contribution in [-0.4, -0.2) is 0 Å². The van der Waals surface area contributed by atoms with Crippen LogP contribution in [0.2, 0.25) is 0 Å². The summed E-state index contributed by atoms with van der Waals surface area (Å²) in [6, 6.07) is 67.7. The number of hydrogen-bond donors (Lipinski definition) is 0. The molecule has 1 spiro atoms. The van der Waals surface area contributed by atoms with E-state index in [1.165, 1.54) is 91.8 Å². The Morgan fingerprint density at radius 2 is 1.04 bits per heavy atom. The average molecular weight is 711 g/mol. The molecule has 3 heterocycles. The molecule has 2 aliphatic heterocycles. The number of benzene rings is 8. The number of para-hydroxylation sites is 4. The van der Waals surface area contributed by atoms with Gasteiger partial charge < -0.3 is 9.80 Å². The van der Waals surface area contributed by atoms with Crippen molar-refractivity contribution in [3.63, 3.8) is 0 Å². The second-order valence-electron chi connectivity index (χ2n) is 14.0. The largest absolute Gasteiger partial charge is 0.310 e. The lowest BCUT2D eigenvalue weighted by atomic mass is 9.64. The molecule has 248 valence electrons. The Labute approximate surface area is 316 Å². The molecule has 9 aromatic rings. The van der Waals surface area contributed by atoms with Gasteiger partial charge >= 0.3 is 0 Å². The van der Waals surface area contributed by atoms with Gasteiger partial charge in [0.05, 0.1) is 28.2 Å². The Morgan fingerprint density at radius 3 is 1.85 bits per heavy atom. The van der Waals surface area contributed by atoms with Gasteiger partial charge in [0.25, 0.3) is 0 Å². The van der Waals surface area contributed by atoms with Gasteiger partial charge in [-0.2, -0.15) is 0 Å². The van der Waals surface area contributed by atoms with Crippen LogP contribution < -0.4 is 9.80 Å². The molecule has 0 amide bonds. The van der Waals surface area contributed by atoms with Gasteiger partial charge in [-0.05, 0) is 94.5 Å². The van der Waals surface area contributed by atoms with E-state index in [9.17, 15) is 0 Å². The highest BCUT2D eigenvalue weighted by Gasteiger charge is 2.53. The van der Waals surface area contributed by atoms with Crippen molar-refractivity contribution in [3.8, 4) is 11.1 Å². The van der Waals surface area contributed by atoms with Gasteiger partial charge in [0.2, 0.25) is 0 Å². The molecule has 0 radical (unpaired) electrons. The van der Waals surface area contributed by atoms with Crippen molar-refractivity contribution >= 4 is 77.4 Å². The van der Waals surface area contributed by atoms with Crippen LogP contribution >= 0.6 is 23.1 Å². The van der Waals surface area contributed by atoms with Gasteiger partial charge in [0.1, 0.15) is 0 Å². The summed E-state index contributed by atoms with van der Waals surface area (Å²) in [5, 5.41) is 2.62. The molecule has 0 bridgehead atoms. The molecule has 8 aromatic carbocycles. The molecule has 0 atom stereocenters. The van der Waals surface area contributed by atoms with E-state index in [0.717, 1.165) is 5.69 Å². The Balaban J connectivity index is 1.19. The Hall–Kier alpha value is -6.07. The zero-order valence-corrected chi connectivity index (χ0v) is 30.2. The maximum absolute atomic E-state index is 2.55. The van der Waals surface area contributed by atoms with Gasteiger partial charge in [0.15, 0.2) is 0 Å². The van der Waals surface area contributed by atoms with E-state index in [0.29, 0.717) is 0 Å². The van der Waals surface area contributed by atoms with E-state index in [2.05, 4.69) is 192 Å². The van der Waals surface area contributed by atoms with Crippen LogP contribution in [0.1, 0.15) is 22.3 Å². The topological polar surface area (TPSA) is 6.48 Å². The zero-order chi connectivity index (χ0) is 34.7. The lowest BCUT2D eigenvalue weighted by Crippen LogP contribution is -2.36. The van der Waals surface area contributed by atoms with Gasteiger partial charge in [-0.1, -0.05) is 127 Å². The predicted molar refractivity (Wildman–Crippen MR) is 224 cm³/mol. The van der Waals surface area contributed by atoms with Crippen LogP contribution in [-0.2, 0) is 5.41 Å². The highest BCUT2D eigenvalue weighted by molar-refractivity contribution is 7.99. The van der Waals surface area contributed by atoms with E-state index in [1.54, 1.807) is 0 Å². The molecular formula is C49H30N2S2. The number of anilines is 6. The molecule has 3 aliphatic rings. The third-order valence-corrected chi connectivity index (χ3v) is 13.7. The fourth-order valence-corrected chi connectivity index (χ4v) is 11.6. The highest BCUT2D eigenvalue weighted by atomic mass is 32.2. The van der Waals surface area contributed by atoms with Gasteiger partial charge in [-0.3, -0.25) is 0 Å². The first-order valence-electron chi connectivity index (χ1n) is 18.1. The lowest BCUT2D eigenvalue weighted by molar-refractivity contribution is 0.752. The fraction of sp³-hybridized carbons (Fsp3) is 0.0204. The van der Waals surface area contributed by atoms with Gasteiger partial charge in [-0.25, -0.2) is 0 Å². The van der Waals surface area contributed by atoms with Gasteiger partial charge in [0, 0.05) is 46.9 Å². The van der Waals surface area contributed by atoms with E-state index < -0.39 is 5.41 Å². The van der Waals surface area contributed by atoms with Crippen molar-refractivity contribution in [1.82, 2.24) is 0 Å².